The van der Waals surface area contributed by atoms with E-state index in [1.54, 1.807) is 37.6 Å². The number of nitrogens with one attached hydrogen (secondary N) is 2. The minimum absolute atomic E-state index is 0.111. The second kappa shape index (κ2) is 10.5. The fourth-order valence-corrected chi connectivity index (χ4v) is 4.35. The lowest BCUT2D eigenvalue weighted by Crippen LogP contribution is -2.44. The highest BCUT2D eigenvalue weighted by atomic mass is 16.5. The first-order chi connectivity index (χ1) is 18.4. The van der Waals surface area contributed by atoms with Crippen molar-refractivity contribution in [3.63, 3.8) is 0 Å². The summed E-state index contributed by atoms with van der Waals surface area (Å²) < 4.78 is 16.1. The quantitative estimate of drug-likeness (QED) is 0.253. The average Bonchev–Trinajstić information content (AvgIpc) is 3.33. The molecule has 192 valence electrons. The summed E-state index contributed by atoms with van der Waals surface area (Å²) >= 11 is 0. The maximum absolute atomic E-state index is 12.5. The maximum Gasteiger partial charge on any atom is 0.336 e. The minimum atomic E-state index is -1.15. The molecular weight excluding hydrogens is 488 g/mol. The zero-order chi connectivity index (χ0) is 26.6. The lowest BCUT2D eigenvalue weighted by molar-refractivity contribution is -0.142. The molecule has 38 heavy (non-hydrogen) atoms. The Bertz CT molecular complexity index is 1690. The monoisotopic (exact) mass is 512 g/mol. The van der Waals surface area contributed by atoms with Crippen molar-refractivity contribution in [2.45, 2.75) is 12.5 Å². The zero-order valence-electron chi connectivity index (χ0n) is 20.4. The summed E-state index contributed by atoms with van der Waals surface area (Å²) in [7, 11) is 1.58. The number of para-hydroxylation sites is 1. The number of ether oxygens (including phenoxy) is 2. The number of aliphatic carboxylic acids is 1. The Kier molecular flexibility index (Phi) is 6.82. The fraction of sp³-hybridized carbons (Fsp3) is 0.138. The second-order valence-electron chi connectivity index (χ2n) is 8.68. The van der Waals surface area contributed by atoms with Gasteiger partial charge in [-0.3, -0.25) is 4.79 Å². The third-order valence-electron chi connectivity index (χ3n) is 6.22. The molecule has 2 heterocycles. The van der Waals surface area contributed by atoms with E-state index in [1.165, 1.54) is 12.1 Å². The topological polar surface area (TPSA) is 131 Å². The Labute approximate surface area is 216 Å². The number of aromatic amines is 1. The number of hydrogen-bond donors (Lipinski definition) is 3. The molecule has 9 heteroatoms. The van der Waals surface area contributed by atoms with Gasteiger partial charge in [-0.25, -0.2) is 9.59 Å². The van der Waals surface area contributed by atoms with Gasteiger partial charge in [-0.05, 0) is 47.0 Å². The van der Waals surface area contributed by atoms with Crippen molar-refractivity contribution in [2.75, 3.05) is 13.7 Å². The predicted molar refractivity (Wildman–Crippen MR) is 142 cm³/mol. The SMILES string of the molecule is COc1ccc(-c2cc(=O)oc3cc(OCC(=O)N[C@@H](Cc4c[nH]c5ccccc45)C(=O)O)ccc23)cc1. The number of aromatic nitrogens is 1. The Balaban J connectivity index is 1.28. The third-order valence-corrected chi connectivity index (χ3v) is 6.22. The summed E-state index contributed by atoms with van der Waals surface area (Å²) in [4.78, 5) is 39.7. The van der Waals surface area contributed by atoms with Crippen molar-refractivity contribution in [3.8, 4) is 22.6 Å². The molecule has 0 aliphatic carbocycles. The van der Waals surface area contributed by atoms with Crippen molar-refractivity contribution < 1.29 is 28.6 Å². The van der Waals surface area contributed by atoms with Gasteiger partial charge in [0, 0.05) is 41.0 Å². The number of hydrogen-bond acceptors (Lipinski definition) is 6. The van der Waals surface area contributed by atoms with Crippen LogP contribution in [0.15, 0.2) is 88.2 Å². The van der Waals surface area contributed by atoms with Crippen LogP contribution in [0.5, 0.6) is 11.5 Å². The van der Waals surface area contributed by atoms with Crippen molar-refractivity contribution in [1.82, 2.24) is 10.3 Å². The molecule has 2 aromatic heterocycles. The van der Waals surface area contributed by atoms with Gasteiger partial charge in [0.15, 0.2) is 6.61 Å². The smallest absolute Gasteiger partial charge is 0.336 e. The first kappa shape index (κ1) is 24.6. The lowest BCUT2D eigenvalue weighted by atomic mass is 10.0. The van der Waals surface area contributed by atoms with Gasteiger partial charge in [0.05, 0.1) is 7.11 Å². The van der Waals surface area contributed by atoms with Crippen LogP contribution < -0.4 is 20.4 Å². The van der Waals surface area contributed by atoms with Gasteiger partial charge < -0.3 is 29.3 Å². The van der Waals surface area contributed by atoms with E-state index in [-0.39, 0.29) is 6.42 Å². The Morgan fingerprint density at radius 3 is 2.53 bits per heavy atom. The number of carbonyl (C=O) groups is 2. The fourth-order valence-electron chi connectivity index (χ4n) is 4.35. The molecule has 0 unspecified atom stereocenters. The van der Waals surface area contributed by atoms with E-state index in [0.717, 1.165) is 22.0 Å². The second-order valence-corrected chi connectivity index (χ2v) is 8.68. The van der Waals surface area contributed by atoms with Gasteiger partial charge in [-0.2, -0.15) is 0 Å². The number of carbonyl (C=O) groups excluding carboxylic acids is 1. The summed E-state index contributed by atoms with van der Waals surface area (Å²) in [6.07, 6.45) is 1.85. The third kappa shape index (κ3) is 5.22. The summed E-state index contributed by atoms with van der Waals surface area (Å²) in [5.74, 6) is -0.749. The average molecular weight is 513 g/mol. The highest BCUT2D eigenvalue weighted by Gasteiger charge is 2.22. The molecule has 0 bridgehead atoms. The van der Waals surface area contributed by atoms with Crippen molar-refractivity contribution >= 4 is 33.7 Å². The number of carboxylic acid groups (broad SMARTS) is 1. The highest BCUT2D eigenvalue weighted by Crippen LogP contribution is 2.30. The molecule has 0 saturated heterocycles. The van der Waals surface area contributed by atoms with Crippen LogP contribution in [0.3, 0.4) is 0 Å². The van der Waals surface area contributed by atoms with Crippen molar-refractivity contribution in [1.29, 1.82) is 0 Å². The molecular formula is C29H24N2O7. The van der Waals surface area contributed by atoms with Crippen LogP contribution in [-0.2, 0) is 16.0 Å². The van der Waals surface area contributed by atoms with Crippen LogP contribution in [0.1, 0.15) is 5.56 Å². The van der Waals surface area contributed by atoms with Crippen LogP contribution in [0.25, 0.3) is 33.0 Å². The van der Waals surface area contributed by atoms with E-state index < -0.39 is 30.2 Å². The van der Waals surface area contributed by atoms with Crippen molar-refractivity contribution in [3.05, 3.63) is 95.0 Å². The van der Waals surface area contributed by atoms with Gasteiger partial charge >= 0.3 is 11.6 Å². The standard InChI is InChI=1S/C29H24N2O7/c1-36-19-8-6-17(7-9-19)23-14-28(33)38-26-13-20(10-11-22(23)26)37-16-27(32)31-25(29(34)35)12-18-15-30-24-5-3-2-4-21(18)24/h2-11,13-15,25,30H,12,16H2,1H3,(H,31,32)(H,34,35)/t25-/m0/s1. The van der Waals surface area contributed by atoms with Crippen LogP contribution in [0.4, 0.5) is 0 Å². The molecule has 5 rings (SSSR count). The number of methoxy groups -OCH3 is 1. The molecule has 5 aromatic rings. The number of amides is 1. The molecule has 1 atom stereocenters. The minimum Gasteiger partial charge on any atom is -0.497 e. The summed E-state index contributed by atoms with van der Waals surface area (Å²) in [6, 6.07) is 20.0. The zero-order valence-corrected chi connectivity index (χ0v) is 20.4. The highest BCUT2D eigenvalue weighted by molar-refractivity contribution is 5.94. The maximum atomic E-state index is 12.5. The first-order valence-electron chi connectivity index (χ1n) is 11.8. The largest absolute Gasteiger partial charge is 0.497 e. The van der Waals surface area contributed by atoms with Crippen LogP contribution in [-0.4, -0.2) is 41.7 Å². The van der Waals surface area contributed by atoms with Crippen molar-refractivity contribution in [2.24, 2.45) is 0 Å². The Morgan fingerprint density at radius 1 is 1.00 bits per heavy atom. The molecule has 3 N–H and O–H groups in total. The number of fused-ring (bicyclic) bond motifs is 2. The summed E-state index contributed by atoms with van der Waals surface area (Å²) in [5, 5.41) is 13.8. The Hall–Kier alpha value is -5.05. The molecule has 3 aromatic carbocycles. The normalized spacial score (nSPS) is 11.8. The van der Waals surface area contributed by atoms with Crippen LogP contribution in [0.2, 0.25) is 0 Å². The van der Waals surface area contributed by atoms with Gasteiger partial charge in [-0.1, -0.05) is 30.3 Å². The van der Waals surface area contributed by atoms with Crippen LogP contribution in [0, 0.1) is 0 Å². The van der Waals surface area contributed by atoms with E-state index in [1.807, 2.05) is 36.4 Å². The van der Waals surface area contributed by atoms with E-state index >= 15 is 0 Å². The van der Waals surface area contributed by atoms with E-state index in [4.69, 9.17) is 13.9 Å². The van der Waals surface area contributed by atoms with E-state index in [9.17, 15) is 19.5 Å². The van der Waals surface area contributed by atoms with Gasteiger partial charge in [0.25, 0.3) is 5.91 Å². The van der Waals surface area contributed by atoms with Gasteiger partial charge in [-0.15, -0.1) is 0 Å². The van der Waals surface area contributed by atoms with Gasteiger partial charge in [0.2, 0.25) is 0 Å². The van der Waals surface area contributed by atoms with Crippen LogP contribution >= 0.6 is 0 Å². The molecule has 0 aliphatic rings. The molecule has 0 radical (unpaired) electrons. The summed E-state index contributed by atoms with van der Waals surface area (Å²) in [6.45, 7) is -0.411. The van der Waals surface area contributed by atoms with E-state index in [0.29, 0.717) is 28.0 Å². The Morgan fingerprint density at radius 2 is 1.76 bits per heavy atom. The molecule has 0 aliphatic heterocycles. The first-order valence-corrected chi connectivity index (χ1v) is 11.8. The number of rotatable bonds is 9. The number of carboxylic acids is 1. The lowest BCUT2D eigenvalue weighted by Gasteiger charge is -2.15. The molecule has 0 spiro atoms. The molecule has 0 saturated carbocycles. The molecule has 1 amide bonds. The van der Waals surface area contributed by atoms with Gasteiger partial charge in [0.1, 0.15) is 23.1 Å². The molecule has 9 nitrogen and oxygen atoms in total. The molecule has 0 fully saturated rings. The number of H-pyrrole nitrogens is 1. The summed E-state index contributed by atoms with van der Waals surface area (Å²) in [5.41, 5.74) is 2.94. The predicted octanol–water partition coefficient (Wildman–Crippen LogP) is 4.14. The number of benzene rings is 3. The van der Waals surface area contributed by atoms with E-state index in [2.05, 4.69) is 10.3 Å².